The second-order valence-corrected chi connectivity index (χ2v) is 5.05. The first-order valence-corrected chi connectivity index (χ1v) is 6.86. The number of aromatic nitrogens is 2. The Labute approximate surface area is 127 Å². The summed E-state index contributed by atoms with van der Waals surface area (Å²) in [5.41, 5.74) is 3.11. The molecule has 0 bridgehead atoms. The Hall–Kier alpha value is -2.20. The smallest absolute Gasteiger partial charge is 0.161 e. The van der Waals surface area contributed by atoms with Crippen molar-refractivity contribution in [2.24, 2.45) is 7.05 Å². The fourth-order valence-electron chi connectivity index (χ4n) is 2.50. The number of halogens is 1. The van der Waals surface area contributed by atoms with Crippen LogP contribution in [0.25, 0.3) is 22.2 Å². The summed E-state index contributed by atoms with van der Waals surface area (Å²) in [5, 5.41) is 1.45. The highest BCUT2D eigenvalue weighted by molar-refractivity contribution is 6.34. The third-order valence-corrected chi connectivity index (χ3v) is 3.90. The summed E-state index contributed by atoms with van der Waals surface area (Å²) in [4.78, 5) is 4.12. The molecule has 3 aromatic rings. The van der Waals surface area contributed by atoms with Crippen molar-refractivity contribution in [2.45, 2.75) is 0 Å². The van der Waals surface area contributed by atoms with E-state index < -0.39 is 0 Å². The number of methoxy groups -OCH3 is 2. The van der Waals surface area contributed by atoms with Crippen LogP contribution < -0.4 is 9.47 Å². The van der Waals surface area contributed by atoms with Crippen LogP contribution >= 0.6 is 11.6 Å². The Morgan fingerprint density at radius 1 is 1.05 bits per heavy atom. The van der Waals surface area contributed by atoms with E-state index in [2.05, 4.69) is 9.55 Å². The molecule has 0 radical (unpaired) electrons. The molecule has 0 aliphatic carbocycles. The number of hydrogen-bond acceptors (Lipinski definition) is 3. The molecular formula is C16H15ClN2O2. The topological polar surface area (TPSA) is 36.3 Å². The van der Waals surface area contributed by atoms with Gasteiger partial charge in [-0.1, -0.05) is 11.6 Å². The SMILES string of the molecule is COc1ccc(-c2cc3c(Cl)nccc3n2C)cc1OC. The second-order valence-electron chi connectivity index (χ2n) is 4.69. The number of benzene rings is 1. The number of rotatable bonds is 3. The lowest BCUT2D eigenvalue weighted by molar-refractivity contribution is 0.355. The molecule has 0 spiro atoms. The molecule has 0 unspecified atom stereocenters. The van der Waals surface area contributed by atoms with Gasteiger partial charge in [0.2, 0.25) is 0 Å². The Bertz CT molecular complexity index is 811. The van der Waals surface area contributed by atoms with Crippen LogP contribution in [-0.4, -0.2) is 23.8 Å². The number of pyridine rings is 1. The lowest BCUT2D eigenvalue weighted by atomic mass is 10.1. The minimum absolute atomic E-state index is 0.509. The molecule has 0 saturated carbocycles. The fourth-order valence-corrected chi connectivity index (χ4v) is 2.71. The van der Waals surface area contributed by atoms with E-state index in [1.54, 1.807) is 20.4 Å². The first-order chi connectivity index (χ1) is 10.2. The lowest BCUT2D eigenvalue weighted by Gasteiger charge is -2.10. The average molecular weight is 303 g/mol. The highest BCUT2D eigenvalue weighted by Crippen LogP contribution is 2.35. The molecule has 5 heteroatoms. The zero-order valence-corrected chi connectivity index (χ0v) is 12.8. The first kappa shape index (κ1) is 13.8. The Morgan fingerprint density at radius 2 is 1.81 bits per heavy atom. The van der Waals surface area contributed by atoms with Crippen LogP contribution in [-0.2, 0) is 7.05 Å². The quantitative estimate of drug-likeness (QED) is 0.688. The molecule has 1 aromatic carbocycles. The highest BCUT2D eigenvalue weighted by Gasteiger charge is 2.13. The van der Waals surface area contributed by atoms with Gasteiger partial charge < -0.3 is 14.0 Å². The Balaban J connectivity index is 2.21. The first-order valence-electron chi connectivity index (χ1n) is 6.48. The maximum atomic E-state index is 6.17. The summed E-state index contributed by atoms with van der Waals surface area (Å²) in [6.07, 6.45) is 1.71. The molecule has 0 N–H and O–H groups in total. The predicted molar refractivity (Wildman–Crippen MR) is 84.3 cm³/mol. The van der Waals surface area contributed by atoms with Crippen molar-refractivity contribution in [2.75, 3.05) is 14.2 Å². The summed E-state index contributed by atoms with van der Waals surface area (Å²) in [6.45, 7) is 0. The van der Waals surface area contributed by atoms with Crippen molar-refractivity contribution in [3.8, 4) is 22.8 Å². The van der Waals surface area contributed by atoms with Gasteiger partial charge in [-0.2, -0.15) is 0 Å². The summed E-state index contributed by atoms with van der Waals surface area (Å²) in [5.74, 6) is 1.41. The molecule has 0 saturated heterocycles. The predicted octanol–water partition coefficient (Wildman–Crippen LogP) is 3.91. The number of nitrogens with zero attached hydrogens (tertiary/aromatic N) is 2. The van der Waals surface area contributed by atoms with E-state index in [1.807, 2.05) is 37.4 Å². The highest BCUT2D eigenvalue weighted by atomic mass is 35.5. The van der Waals surface area contributed by atoms with Gasteiger partial charge in [0, 0.05) is 29.9 Å². The van der Waals surface area contributed by atoms with Gasteiger partial charge in [-0.15, -0.1) is 0 Å². The van der Waals surface area contributed by atoms with E-state index >= 15 is 0 Å². The minimum atomic E-state index is 0.509. The van der Waals surface area contributed by atoms with Gasteiger partial charge in [0.1, 0.15) is 5.15 Å². The van der Waals surface area contributed by atoms with Crippen molar-refractivity contribution in [3.63, 3.8) is 0 Å². The Kier molecular flexibility index (Phi) is 3.47. The van der Waals surface area contributed by atoms with Gasteiger partial charge in [-0.25, -0.2) is 4.98 Å². The van der Waals surface area contributed by atoms with Gasteiger partial charge in [-0.3, -0.25) is 0 Å². The van der Waals surface area contributed by atoms with Crippen LogP contribution in [0.3, 0.4) is 0 Å². The molecule has 0 atom stereocenters. The molecule has 108 valence electrons. The zero-order chi connectivity index (χ0) is 15.0. The molecule has 21 heavy (non-hydrogen) atoms. The molecular weight excluding hydrogens is 288 g/mol. The largest absolute Gasteiger partial charge is 0.493 e. The molecule has 0 aliphatic heterocycles. The van der Waals surface area contributed by atoms with E-state index in [1.165, 1.54) is 0 Å². The van der Waals surface area contributed by atoms with Gasteiger partial charge in [-0.05, 0) is 30.3 Å². The van der Waals surface area contributed by atoms with Gasteiger partial charge in [0.25, 0.3) is 0 Å². The third-order valence-electron chi connectivity index (χ3n) is 3.60. The van der Waals surface area contributed by atoms with E-state index in [0.29, 0.717) is 16.7 Å². The molecule has 3 rings (SSSR count). The van der Waals surface area contributed by atoms with E-state index in [4.69, 9.17) is 21.1 Å². The monoisotopic (exact) mass is 302 g/mol. The van der Waals surface area contributed by atoms with Crippen LogP contribution in [0.4, 0.5) is 0 Å². The van der Waals surface area contributed by atoms with Crippen LogP contribution in [0.5, 0.6) is 11.5 Å². The standard InChI is InChI=1S/C16H15ClN2O2/c1-19-12-6-7-18-16(17)11(12)9-13(19)10-4-5-14(20-2)15(8-10)21-3/h4-9H,1-3H3. The zero-order valence-electron chi connectivity index (χ0n) is 12.1. The number of fused-ring (bicyclic) bond motifs is 1. The maximum Gasteiger partial charge on any atom is 0.161 e. The van der Waals surface area contributed by atoms with Crippen LogP contribution in [0.2, 0.25) is 5.15 Å². The second kappa shape index (κ2) is 5.30. The molecule has 0 amide bonds. The number of hydrogen-bond donors (Lipinski definition) is 0. The van der Waals surface area contributed by atoms with Gasteiger partial charge in [0.15, 0.2) is 11.5 Å². The molecule has 2 aromatic heterocycles. The summed E-state index contributed by atoms with van der Waals surface area (Å²) >= 11 is 6.17. The summed E-state index contributed by atoms with van der Waals surface area (Å²) in [7, 11) is 5.26. The van der Waals surface area contributed by atoms with Crippen molar-refractivity contribution in [1.29, 1.82) is 0 Å². The van der Waals surface area contributed by atoms with E-state index in [-0.39, 0.29) is 0 Å². The summed E-state index contributed by atoms with van der Waals surface area (Å²) < 4.78 is 12.7. The lowest BCUT2D eigenvalue weighted by Crippen LogP contribution is -1.94. The molecule has 2 heterocycles. The number of ether oxygens (including phenoxy) is 2. The van der Waals surface area contributed by atoms with E-state index in [9.17, 15) is 0 Å². The average Bonchev–Trinajstić information content (AvgIpc) is 2.85. The van der Waals surface area contributed by atoms with Gasteiger partial charge in [0.05, 0.1) is 19.7 Å². The molecule has 0 fully saturated rings. The van der Waals surface area contributed by atoms with Crippen LogP contribution in [0, 0.1) is 0 Å². The number of aryl methyl sites for hydroxylation is 1. The fraction of sp³-hybridized carbons (Fsp3) is 0.188. The molecule has 0 aliphatic rings. The van der Waals surface area contributed by atoms with Crippen LogP contribution in [0.1, 0.15) is 0 Å². The minimum Gasteiger partial charge on any atom is -0.493 e. The van der Waals surface area contributed by atoms with Crippen LogP contribution in [0.15, 0.2) is 36.5 Å². The Morgan fingerprint density at radius 3 is 2.48 bits per heavy atom. The van der Waals surface area contributed by atoms with Crippen molar-refractivity contribution < 1.29 is 9.47 Å². The van der Waals surface area contributed by atoms with Crippen molar-refractivity contribution >= 4 is 22.5 Å². The van der Waals surface area contributed by atoms with Gasteiger partial charge >= 0.3 is 0 Å². The van der Waals surface area contributed by atoms with Crippen molar-refractivity contribution in [3.05, 3.63) is 41.7 Å². The van der Waals surface area contributed by atoms with Crippen molar-refractivity contribution in [1.82, 2.24) is 9.55 Å². The third kappa shape index (κ3) is 2.21. The normalized spacial score (nSPS) is 10.9. The summed E-state index contributed by atoms with van der Waals surface area (Å²) in [6, 6.07) is 9.83. The molecule has 4 nitrogen and oxygen atoms in total. The van der Waals surface area contributed by atoms with E-state index in [0.717, 1.165) is 22.2 Å². The maximum absolute atomic E-state index is 6.17.